The van der Waals surface area contributed by atoms with Gasteiger partial charge in [-0.15, -0.1) is 0 Å². The Kier molecular flexibility index (Phi) is 6.81. The summed E-state index contributed by atoms with van der Waals surface area (Å²) in [6, 6.07) is 13.8. The van der Waals surface area contributed by atoms with Crippen molar-refractivity contribution in [2.45, 2.75) is 44.7 Å². The minimum absolute atomic E-state index is 0.0239. The first-order chi connectivity index (χ1) is 17.0. The molecule has 0 saturated carbocycles. The number of carbonyl (C=O) groups is 2. The molecule has 0 spiro atoms. The Bertz CT molecular complexity index is 1400. The van der Waals surface area contributed by atoms with Gasteiger partial charge in [-0.3, -0.25) is 9.59 Å². The average Bonchev–Trinajstić information content (AvgIpc) is 3.11. The van der Waals surface area contributed by atoms with E-state index in [1.54, 1.807) is 42.6 Å². The van der Waals surface area contributed by atoms with Crippen molar-refractivity contribution in [2.75, 3.05) is 11.4 Å². The molecule has 1 amide bonds. The largest absolute Gasteiger partial charge is 0.439 e. The predicted octanol–water partition coefficient (Wildman–Crippen LogP) is 4.22. The van der Waals surface area contributed by atoms with Gasteiger partial charge in [0.15, 0.2) is 10.8 Å². The normalized spacial score (nSPS) is 17.0. The molecule has 4 rings (SSSR count). The molecule has 188 valence electrons. The van der Waals surface area contributed by atoms with Gasteiger partial charge in [0.2, 0.25) is 5.88 Å². The molecule has 1 aromatic carbocycles. The number of hydrogen-bond donors (Lipinski definition) is 1. The summed E-state index contributed by atoms with van der Waals surface area (Å²) in [5.74, 6) is 0.358. The van der Waals surface area contributed by atoms with E-state index in [1.807, 2.05) is 4.90 Å². The summed E-state index contributed by atoms with van der Waals surface area (Å²) in [7, 11) is -4.30. The lowest BCUT2D eigenvalue weighted by molar-refractivity contribution is 0.0979. The molecular formula is C26H28N4O5S. The highest BCUT2D eigenvalue weighted by Gasteiger charge is 2.40. The molecule has 1 fully saturated rings. The highest BCUT2D eigenvalue weighted by atomic mass is 32.2. The zero-order chi connectivity index (χ0) is 26.1. The summed E-state index contributed by atoms with van der Waals surface area (Å²) in [6.45, 7) is 8.49. The van der Waals surface area contributed by atoms with E-state index in [4.69, 9.17) is 4.74 Å². The summed E-state index contributed by atoms with van der Waals surface area (Å²) in [6.07, 6.45) is 2.53. The van der Waals surface area contributed by atoms with Crippen molar-refractivity contribution in [3.63, 3.8) is 0 Å². The number of benzene rings is 1. The molecule has 0 radical (unpaired) electrons. The van der Waals surface area contributed by atoms with Gasteiger partial charge in [-0.1, -0.05) is 13.0 Å². The molecule has 0 aliphatic carbocycles. The summed E-state index contributed by atoms with van der Waals surface area (Å²) in [4.78, 5) is 35.1. The first-order valence-corrected chi connectivity index (χ1v) is 13.0. The molecule has 10 heteroatoms. The molecule has 2 aromatic heterocycles. The van der Waals surface area contributed by atoms with Gasteiger partial charge < -0.3 is 9.64 Å². The fourth-order valence-corrected chi connectivity index (χ4v) is 5.03. The van der Waals surface area contributed by atoms with Gasteiger partial charge >= 0.3 is 0 Å². The number of pyridine rings is 2. The van der Waals surface area contributed by atoms with E-state index < -0.39 is 15.9 Å². The number of hydrogen-bond acceptors (Lipinski definition) is 8. The number of ketones is 1. The monoisotopic (exact) mass is 508 g/mol. The maximum atomic E-state index is 13.1. The van der Waals surface area contributed by atoms with E-state index in [-0.39, 0.29) is 27.8 Å². The third-order valence-electron chi connectivity index (χ3n) is 6.66. The topological polar surface area (TPSA) is 119 Å². The van der Waals surface area contributed by atoms with Crippen LogP contribution in [0.15, 0.2) is 65.8 Å². The first-order valence-electron chi connectivity index (χ1n) is 11.5. The second-order valence-corrected chi connectivity index (χ2v) is 10.9. The average molecular weight is 509 g/mol. The van der Waals surface area contributed by atoms with Gasteiger partial charge in [0.05, 0.1) is 5.56 Å². The van der Waals surface area contributed by atoms with Crippen LogP contribution in [0.4, 0.5) is 5.82 Å². The number of carbonyl (C=O) groups excluding carboxylic acids is 2. The first kappa shape index (κ1) is 25.3. The van der Waals surface area contributed by atoms with Gasteiger partial charge in [-0.25, -0.2) is 9.71 Å². The Balaban J connectivity index is 1.55. The highest BCUT2D eigenvalue weighted by molar-refractivity contribution is 7.90. The van der Waals surface area contributed by atoms with Gasteiger partial charge in [0.25, 0.3) is 15.9 Å². The predicted molar refractivity (Wildman–Crippen MR) is 135 cm³/mol. The number of rotatable bonds is 7. The summed E-state index contributed by atoms with van der Waals surface area (Å²) in [5, 5.41) is -0.366. The molecule has 9 nitrogen and oxygen atoms in total. The highest BCUT2D eigenvalue weighted by Crippen LogP contribution is 2.38. The van der Waals surface area contributed by atoms with Gasteiger partial charge in [0.1, 0.15) is 11.6 Å². The van der Waals surface area contributed by atoms with E-state index in [2.05, 4.69) is 35.5 Å². The summed E-state index contributed by atoms with van der Waals surface area (Å²) in [5.41, 5.74) is 0.454. The van der Waals surface area contributed by atoms with E-state index in [1.165, 1.54) is 25.1 Å². The zero-order valence-corrected chi connectivity index (χ0v) is 21.4. The van der Waals surface area contributed by atoms with Gasteiger partial charge in [-0.2, -0.15) is 13.4 Å². The molecule has 1 unspecified atom stereocenters. The van der Waals surface area contributed by atoms with Gasteiger partial charge in [-0.05, 0) is 75.6 Å². The fraction of sp³-hybridized carbons (Fsp3) is 0.308. The maximum Gasteiger partial charge on any atom is 0.281 e. The van der Waals surface area contributed by atoms with E-state index in [0.717, 1.165) is 6.42 Å². The molecule has 1 atom stereocenters. The Morgan fingerprint density at radius 2 is 1.81 bits per heavy atom. The number of ether oxygens (including phenoxy) is 1. The molecule has 1 aliphatic heterocycles. The maximum absolute atomic E-state index is 13.1. The van der Waals surface area contributed by atoms with E-state index in [9.17, 15) is 18.0 Å². The molecule has 1 aliphatic rings. The third-order valence-corrected chi connectivity index (χ3v) is 7.89. The number of sulfonamides is 1. The Labute approximate surface area is 210 Å². The Morgan fingerprint density at radius 3 is 2.44 bits per heavy atom. The van der Waals surface area contributed by atoms with Crippen LogP contribution in [0.1, 0.15) is 54.8 Å². The van der Waals surface area contributed by atoms with Crippen LogP contribution in [0.2, 0.25) is 0 Å². The van der Waals surface area contributed by atoms with Crippen molar-refractivity contribution in [1.82, 2.24) is 14.7 Å². The second kappa shape index (κ2) is 9.69. The lowest BCUT2D eigenvalue weighted by Gasteiger charge is -2.36. The lowest BCUT2D eigenvalue weighted by Crippen LogP contribution is -2.43. The molecule has 0 bridgehead atoms. The van der Waals surface area contributed by atoms with Crippen LogP contribution in [-0.4, -0.2) is 42.2 Å². The number of amides is 1. The Morgan fingerprint density at radius 1 is 1.08 bits per heavy atom. The van der Waals surface area contributed by atoms with E-state index >= 15 is 0 Å². The smallest absolute Gasteiger partial charge is 0.281 e. The van der Waals surface area contributed by atoms with Gasteiger partial charge in [0, 0.05) is 29.9 Å². The van der Waals surface area contributed by atoms with Crippen molar-refractivity contribution in [3.05, 3.63) is 71.9 Å². The van der Waals surface area contributed by atoms with Crippen molar-refractivity contribution >= 4 is 27.5 Å². The van der Waals surface area contributed by atoms with Crippen LogP contribution >= 0.6 is 0 Å². The van der Waals surface area contributed by atoms with Crippen LogP contribution in [0.5, 0.6) is 11.6 Å². The number of Topliss-reactive ketones (excluding diaryl/α,β-unsaturated/α-hetero) is 1. The van der Waals surface area contributed by atoms with E-state index in [0.29, 0.717) is 29.6 Å². The molecule has 36 heavy (non-hydrogen) atoms. The quantitative estimate of drug-likeness (QED) is 0.472. The number of aromatic nitrogens is 2. The van der Waals surface area contributed by atoms with Crippen LogP contribution in [0.25, 0.3) is 0 Å². The minimum Gasteiger partial charge on any atom is -0.439 e. The minimum atomic E-state index is -4.30. The zero-order valence-electron chi connectivity index (χ0n) is 20.6. The van der Waals surface area contributed by atoms with Crippen molar-refractivity contribution < 1.29 is 22.7 Å². The Hall–Kier alpha value is -3.79. The van der Waals surface area contributed by atoms with Crippen LogP contribution < -0.4 is 14.4 Å². The van der Waals surface area contributed by atoms with Crippen molar-refractivity contribution in [2.24, 2.45) is 5.92 Å². The fourth-order valence-electron chi connectivity index (χ4n) is 4.11. The second-order valence-electron chi connectivity index (χ2n) is 9.30. The van der Waals surface area contributed by atoms with Crippen LogP contribution in [-0.2, 0) is 10.0 Å². The number of nitrogens with zero attached hydrogens (tertiary/aromatic N) is 3. The molecule has 3 heterocycles. The number of nitrogens with one attached hydrogen (secondary N) is 1. The van der Waals surface area contributed by atoms with Crippen LogP contribution in [0, 0.1) is 5.92 Å². The van der Waals surface area contributed by atoms with Crippen molar-refractivity contribution in [3.8, 4) is 11.6 Å². The van der Waals surface area contributed by atoms with Crippen LogP contribution in [0.3, 0.4) is 0 Å². The SMILES string of the molecule is CC(=O)c1ccc(Oc2cccc(S(=O)(=O)NC(=O)c3cccnc3N3CCC(C)C3(C)C)n2)cc1. The molecule has 1 saturated heterocycles. The van der Waals surface area contributed by atoms with Crippen molar-refractivity contribution in [1.29, 1.82) is 0 Å². The molecular weight excluding hydrogens is 480 g/mol. The summed E-state index contributed by atoms with van der Waals surface area (Å²) < 4.78 is 33.8. The molecule has 3 aromatic rings. The third kappa shape index (κ3) is 5.08. The standard InChI is InChI=1S/C26H28N4O5S/c1-17-14-16-30(26(17,3)4)24-21(7-6-15-27-24)25(32)29-36(33,34)23-9-5-8-22(28-23)35-20-12-10-19(11-13-20)18(2)31/h5-13,15,17H,14,16H2,1-4H3,(H,29,32). The molecule has 1 N–H and O–H groups in total. The number of anilines is 1. The summed E-state index contributed by atoms with van der Waals surface area (Å²) >= 11 is 0. The lowest BCUT2D eigenvalue weighted by atomic mass is 9.90.